The average Bonchev–Trinajstić information content (AvgIpc) is 3.47. The summed E-state index contributed by atoms with van der Waals surface area (Å²) in [6.45, 7) is 6.98. The van der Waals surface area contributed by atoms with Crippen LogP contribution in [0.2, 0.25) is 0 Å². The molecule has 6 rings (SSSR count). The Bertz CT molecular complexity index is 1580. The molecule has 0 radical (unpaired) electrons. The molecule has 9 nitrogen and oxygen atoms in total. The van der Waals surface area contributed by atoms with Crippen LogP contribution in [0.4, 0.5) is 21.6 Å². The Morgan fingerprint density at radius 1 is 1.10 bits per heavy atom. The lowest BCUT2D eigenvalue weighted by Gasteiger charge is -2.30. The molecule has 0 saturated carbocycles. The molecule has 2 saturated heterocycles. The number of carbonyl (C=O) groups excluding carboxylic acids is 1. The Balaban J connectivity index is 1.28. The number of anilines is 3. The van der Waals surface area contributed by atoms with Gasteiger partial charge in [-0.3, -0.25) is 14.7 Å². The van der Waals surface area contributed by atoms with Gasteiger partial charge in [-0.25, -0.2) is 14.4 Å². The van der Waals surface area contributed by atoms with Crippen molar-refractivity contribution in [1.29, 1.82) is 0 Å². The van der Waals surface area contributed by atoms with Gasteiger partial charge in [-0.1, -0.05) is 18.7 Å². The van der Waals surface area contributed by atoms with Crippen LogP contribution in [0.5, 0.6) is 5.75 Å². The van der Waals surface area contributed by atoms with Crippen LogP contribution in [0, 0.1) is 5.82 Å². The normalized spacial score (nSPS) is 17.8. The molecule has 0 bridgehead atoms. The Kier molecular flexibility index (Phi) is 7.84. The molecule has 0 unspecified atom stereocenters. The number of nitrogens with one attached hydrogen (secondary N) is 2. The molecule has 2 N–H and O–H groups in total. The molecule has 10 heteroatoms. The Morgan fingerprint density at radius 2 is 1.95 bits per heavy atom. The van der Waals surface area contributed by atoms with E-state index in [9.17, 15) is 9.18 Å². The summed E-state index contributed by atoms with van der Waals surface area (Å²) < 4.78 is 26.4. The minimum atomic E-state index is -0.349. The predicted molar refractivity (Wildman–Crippen MR) is 156 cm³/mol. The number of amides is 1. The third kappa shape index (κ3) is 6.03. The second kappa shape index (κ2) is 12.0. The molecule has 1 amide bonds. The number of rotatable bonds is 8. The number of carbonyl (C=O) groups is 1. The maximum absolute atomic E-state index is 14.4. The topological polar surface area (TPSA) is 102 Å². The van der Waals surface area contributed by atoms with Gasteiger partial charge in [-0.2, -0.15) is 0 Å². The maximum atomic E-state index is 14.4. The molecule has 2 aliphatic heterocycles. The first-order valence-corrected chi connectivity index (χ1v) is 13.8. The molecule has 1 atom stereocenters. The molecular weight excluding hydrogens is 523 g/mol. The van der Waals surface area contributed by atoms with Gasteiger partial charge in [-0.05, 0) is 55.7 Å². The van der Waals surface area contributed by atoms with Crippen LogP contribution < -0.4 is 15.4 Å². The van der Waals surface area contributed by atoms with E-state index < -0.39 is 0 Å². The van der Waals surface area contributed by atoms with E-state index in [2.05, 4.69) is 37.1 Å². The number of nitrogens with zero attached hydrogens (tertiary/aromatic N) is 4. The van der Waals surface area contributed by atoms with Gasteiger partial charge in [0, 0.05) is 61.2 Å². The molecule has 4 aromatic rings. The van der Waals surface area contributed by atoms with E-state index in [-0.39, 0.29) is 17.8 Å². The van der Waals surface area contributed by atoms with Crippen LogP contribution in [0.1, 0.15) is 19.3 Å². The Morgan fingerprint density at radius 3 is 2.78 bits per heavy atom. The van der Waals surface area contributed by atoms with E-state index in [1.807, 2.05) is 6.07 Å². The van der Waals surface area contributed by atoms with Gasteiger partial charge in [-0.15, -0.1) is 0 Å². The molecule has 2 aromatic carbocycles. The zero-order valence-corrected chi connectivity index (χ0v) is 22.6. The van der Waals surface area contributed by atoms with Crippen LogP contribution in [-0.2, 0) is 9.53 Å². The summed E-state index contributed by atoms with van der Waals surface area (Å²) in [7, 11) is 0. The molecule has 2 aromatic heterocycles. The van der Waals surface area contributed by atoms with Crippen molar-refractivity contribution in [2.24, 2.45) is 0 Å². The first-order valence-electron chi connectivity index (χ1n) is 13.8. The molecule has 0 spiro atoms. The highest BCUT2D eigenvalue weighted by Gasteiger charge is 2.31. The maximum Gasteiger partial charge on any atom is 0.247 e. The lowest BCUT2D eigenvalue weighted by Crippen LogP contribution is -2.38. The van der Waals surface area contributed by atoms with Crippen molar-refractivity contribution in [2.75, 3.05) is 36.9 Å². The van der Waals surface area contributed by atoms with Gasteiger partial charge >= 0.3 is 0 Å². The van der Waals surface area contributed by atoms with Crippen LogP contribution in [0.3, 0.4) is 0 Å². The number of aromatic nitrogens is 3. The highest BCUT2D eigenvalue weighted by Crippen LogP contribution is 2.35. The summed E-state index contributed by atoms with van der Waals surface area (Å²) in [4.78, 5) is 28.1. The van der Waals surface area contributed by atoms with Gasteiger partial charge in [0.25, 0.3) is 0 Å². The number of pyridine rings is 1. The van der Waals surface area contributed by atoms with E-state index in [0.29, 0.717) is 51.1 Å². The van der Waals surface area contributed by atoms with Crippen molar-refractivity contribution in [3.05, 3.63) is 79.5 Å². The minimum Gasteiger partial charge on any atom is -0.487 e. The van der Waals surface area contributed by atoms with Crippen LogP contribution >= 0.6 is 0 Å². The third-order valence-electron chi connectivity index (χ3n) is 7.53. The molecule has 0 aliphatic carbocycles. The summed E-state index contributed by atoms with van der Waals surface area (Å²) >= 11 is 0. The van der Waals surface area contributed by atoms with Crippen molar-refractivity contribution < 1.29 is 18.7 Å². The first kappa shape index (κ1) is 26.8. The number of halogens is 1. The zero-order valence-electron chi connectivity index (χ0n) is 22.6. The van der Waals surface area contributed by atoms with Crippen molar-refractivity contribution in [3.8, 4) is 17.0 Å². The predicted octanol–water partition coefficient (Wildman–Crippen LogP) is 5.33. The van der Waals surface area contributed by atoms with Gasteiger partial charge in [0.05, 0.1) is 16.9 Å². The lowest BCUT2D eigenvalue weighted by molar-refractivity contribution is -0.111. The molecular formula is C31H31FN6O3. The molecule has 210 valence electrons. The Hall–Kier alpha value is -4.41. The number of benzene rings is 2. The largest absolute Gasteiger partial charge is 0.487 e. The zero-order chi connectivity index (χ0) is 28.2. The molecule has 2 fully saturated rings. The van der Waals surface area contributed by atoms with Crippen LogP contribution in [-0.4, -0.2) is 64.2 Å². The number of hydrogen-bond acceptors (Lipinski definition) is 8. The van der Waals surface area contributed by atoms with E-state index >= 15 is 0 Å². The fourth-order valence-electron chi connectivity index (χ4n) is 5.44. The number of hydrogen-bond donors (Lipinski definition) is 2. The summed E-state index contributed by atoms with van der Waals surface area (Å²) in [6, 6.07) is 14.2. The fraction of sp³-hybridized carbons (Fsp3) is 0.290. The average molecular weight is 555 g/mol. The SMILES string of the molecule is C=CC(=O)Nc1cc2c(Nc3ccnc(-c4ccccc4F)c3)ncnc2cc1O[C@@H]1CCN(C2CCOCC2)C1. The van der Waals surface area contributed by atoms with E-state index in [1.54, 1.807) is 42.6 Å². The van der Waals surface area contributed by atoms with Gasteiger partial charge in [0.15, 0.2) is 0 Å². The van der Waals surface area contributed by atoms with Crippen molar-refractivity contribution in [1.82, 2.24) is 19.9 Å². The minimum absolute atomic E-state index is 0.0114. The number of ether oxygens (including phenoxy) is 2. The second-order valence-electron chi connectivity index (χ2n) is 10.2. The van der Waals surface area contributed by atoms with E-state index in [1.165, 1.54) is 18.5 Å². The lowest BCUT2D eigenvalue weighted by atomic mass is 10.1. The highest BCUT2D eigenvalue weighted by atomic mass is 19.1. The number of fused-ring (bicyclic) bond motifs is 1. The van der Waals surface area contributed by atoms with E-state index in [4.69, 9.17) is 9.47 Å². The molecule has 41 heavy (non-hydrogen) atoms. The summed E-state index contributed by atoms with van der Waals surface area (Å²) in [5, 5.41) is 6.86. The van der Waals surface area contributed by atoms with Crippen LogP contribution in [0.15, 0.2) is 73.7 Å². The quantitative estimate of drug-likeness (QED) is 0.282. The fourth-order valence-corrected chi connectivity index (χ4v) is 5.44. The first-order chi connectivity index (χ1) is 20.1. The summed E-state index contributed by atoms with van der Waals surface area (Å²) in [5.74, 6) is 0.368. The Labute approximate surface area is 237 Å². The summed E-state index contributed by atoms with van der Waals surface area (Å²) in [5.41, 5.74) is 2.73. The highest BCUT2D eigenvalue weighted by molar-refractivity contribution is 6.03. The van der Waals surface area contributed by atoms with Crippen molar-refractivity contribution in [3.63, 3.8) is 0 Å². The van der Waals surface area contributed by atoms with Crippen LogP contribution in [0.25, 0.3) is 22.2 Å². The van der Waals surface area contributed by atoms with Gasteiger partial charge in [0.1, 0.15) is 29.8 Å². The third-order valence-corrected chi connectivity index (χ3v) is 7.53. The van der Waals surface area contributed by atoms with Crippen molar-refractivity contribution >= 4 is 34.0 Å². The summed E-state index contributed by atoms with van der Waals surface area (Å²) in [6.07, 6.45) is 7.26. The van der Waals surface area contributed by atoms with Gasteiger partial charge < -0.3 is 20.1 Å². The standard InChI is InChI=1S/C31H31FN6O3/c1-2-30(39)37-28-16-24-27(17-29(28)41-22-8-12-38(18-22)21-9-13-40-14-10-21)34-19-35-31(24)36-20-7-11-33-26(15-20)23-5-3-4-6-25(23)32/h2-7,11,15-17,19,21-22H,1,8-10,12-14,18H2,(H,37,39)(H,33,34,35,36)/t22-/m1/s1. The van der Waals surface area contributed by atoms with Gasteiger partial charge in [0.2, 0.25) is 5.91 Å². The number of likely N-dealkylation sites (tertiary alicyclic amines) is 1. The molecule has 2 aliphatic rings. The van der Waals surface area contributed by atoms with E-state index in [0.717, 1.165) is 45.6 Å². The monoisotopic (exact) mass is 554 g/mol. The second-order valence-corrected chi connectivity index (χ2v) is 10.2. The van der Waals surface area contributed by atoms with Crippen molar-refractivity contribution in [2.45, 2.75) is 31.4 Å². The smallest absolute Gasteiger partial charge is 0.247 e. The molecule has 4 heterocycles.